The summed E-state index contributed by atoms with van der Waals surface area (Å²) in [6.07, 6.45) is 0. The number of nitrogens with zero attached hydrogens (tertiary/aromatic N) is 1. The van der Waals surface area contributed by atoms with E-state index in [0.29, 0.717) is 11.6 Å². The summed E-state index contributed by atoms with van der Waals surface area (Å²) in [6, 6.07) is 13.7. The van der Waals surface area contributed by atoms with E-state index < -0.39 is 16.1 Å². The van der Waals surface area contributed by atoms with Crippen molar-refractivity contribution >= 4 is 27.3 Å². The zero-order chi connectivity index (χ0) is 20.2. The molecule has 0 aliphatic heterocycles. The molecule has 2 aromatic rings. The first-order valence-corrected chi connectivity index (χ1v) is 10.2. The van der Waals surface area contributed by atoms with Gasteiger partial charge in [0.1, 0.15) is 6.04 Å². The third-order valence-corrected chi connectivity index (χ3v) is 6.05. The lowest BCUT2D eigenvalue weighted by Crippen LogP contribution is -2.32. The molecule has 0 aromatic heterocycles. The Labute approximate surface area is 161 Å². The second-order valence-electron chi connectivity index (χ2n) is 6.95. The van der Waals surface area contributed by atoms with Crippen LogP contribution in [-0.4, -0.2) is 38.8 Å². The maximum atomic E-state index is 12.5. The van der Waals surface area contributed by atoms with Crippen LogP contribution in [0.5, 0.6) is 0 Å². The van der Waals surface area contributed by atoms with E-state index in [-0.39, 0.29) is 10.8 Å². The number of hydrogen-bond acceptors (Lipinski definition) is 4. The number of benzene rings is 2. The molecule has 1 amide bonds. The zero-order valence-electron chi connectivity index (χ0n) is 16.4. The maximum absolute atomic E-state index is 12.5. The van der Waals surface area contributed by atoms with Crippen LogP contribution in [0.3, 0.4) is 0 Å². The Morgan fingerprint density at radius 1 is 0.963 bits per heavy atom. The molecule has 7 heteroatoms. The van der Waals surface area contributed by atoms with Crippen molar-refractivity contribution in [2.45, 2.75) is 37.6 Å². The van der Waals surface area contributed by atoms with Crippen molar-refractivity contribution in [1.82, 2.24) is 4.31 Å². The summed E-state index contributed by atoms with van der Waals surface area (Å²) in [7, 11) is -0.610. The number of sulfonamides is 1. The summed E-state index contributed by atoms with van der Waals surface area (Å²) in [5.41, 5.74) is 2.52. The van der Waals surface area contributed by atoms with Gasteiger partial charge in [0, 0.05) is 25.5 Å². The largest absolute Gasteiger partial charge is 0.374 e. The van der Waals surface area contributed by atoms with Crippen molar-refractivity contribution in [3.8, 4) is 0 Å². The van der Waals surface area contributed by atoms with Crippen LogP contribution in [0.2, 0.25) is 0 Å². The zero-order valence-corrected chi connectivity index (χ0v) is 17.2. The first-order valence-electron chi connectivity index (χ1n) is 8.81. The van der Waals surface area contributed by atoms with Crippen LogP contribution in [0.15, 0.2) is 53.4 Å². The van der Waals surface area contributed by atoms with E-state index in [1.165, 1.54) is 31.8 Å². The molecule has 146 valence electrons. The van der Waals surface area contributed by atoms with Crippen molar-refractivity contribution < 1.29 is 13.2 Å². The van der Waals surface area contributed by atoms with Crippen molar-refractivity contribution in [3.05, 3.63) is 54.1 Å². The second kappa shape index (κ2) is 8.54. The first kappa shape index (κ1) is 20.9. The van der Waals surface area contributed by atoms with Crippen LogP contribution < -0.4 is 10.6 Å². The number of nitrogens with one attached hydrogen (secondary N) is 2. The number of carbonyl (C=O) groups excluding carboxylic acids is 1. The first-order chi connectivity index (χ1) is 12.6. The number of rotatable bonds is 7. The molecule has 2 N–H and O–H groups in total. The fourth-order valence-corrected chi connectivity index (χ4v) is 3.42. The number of carbonyl (C=O) groups is 1. The van der Waals surface area contributed by atoms with Gasteiger partial charge in [0.2, 0.25) is 15.9 Å². The molecule has 0 unspecified atom stereocenters. The predicted molar refractivity (Wildman–Crippen MR) is 110 cm³/mol. The smallest absolute Gasteiger partial charge is 0.246 e. The van der Waals surface area contributed by atoms with E-state index in [1.54, 1.807) is 19.1 Å². The van der Waals surface area contributed by atoms with E-state index in [1.807, 2.05) is 24.3 Å². The quantitative estimate of drug-likeness (QED) is 0.760. The molecule has 6 nitrogen and oxygen atoms in total. The van der Waals surface area contributed by atoms with Gasteiger partial charge in [-0.15, -0.1) is 0 Å². The maximum Gasteiger partial charge on any atom is 0.246 e. The van der Waals surface area contributed by atoms with Crippen LogP contribution >= 0.6 is 0 Å². The molecule has 0 heterocycles. The van der Waals surface area contributed by atoms with Gasteiger partial charge in [0.25, 0.3) is 0 Å². The lowest BCUT2D eigenvalue weighted by Gasteiger charge is -2.17. The SMILES string of the molecule is CC(C)c1ccc(N[C@@H](C)C(=O)Nc2cccc(S(=O)(=O)N(C)C)c2)cc1. The van der Waals surface area contributed by atoms with Crippen molar-refractivity contribution in [3.63, 3.8) is 0 Å². The minimum Gasteiger partial charge on any atom is -0.374 e. The Bertz CT molecular complexity index is 891. The van der Waals surface area contributed by atoms with Gasteiger partial charge in [-0.3, -0.25) is 4.79 Å². The lowest BCUT2D eigenvalue weighted by atomic mass is 10.0. The molecule has 0 aliphatic rings. The highest BCUT2D eigenvalue weighted by atomic mass is 32.2. The lowest BCUT2D eigenvalue weighted by molar-refractivity contribution is -0.116. The highest BCUT2D eigenvalue weighted by molar-refractivity contribution is 7.89. The molecule has 0 aliphatic carbocycles. The number of amides is 1. The van der Waals surface area contributed by atoms with Gasteiger partial charge in [-0.05, 0) is 48.7 Å². The molecular formula is C20H27N3O3S. The fourth-order valence-electron chi connectivity index (χ4n) is 2.48. The standard InChI is InChI=1S/C20H27N3O3S/c1-14(2)16-9-11-17(12-10-16)21-15(3)20(24)22-18-7-6-8-19(13-18)27(25,26)23(4)5/h6-15,21H,1-5H3,(H,22,24)/t15-/m0/s1. The van der Waals surface area contributed by atoms with Crippen molar-refractivity contribution in [1.29, 1.82) is 0 Å². The molecule has 0 spiro atoms. The molecule has 2 aromatic carbocycles. The summed E-state index contributed by atoms with van der Waals surface area (Å²) < 4.78 is 25.6. The fraction of sp³-hybridized carbons (Fsp3) is 0.350. The molecule has 0 bridgehead atoms. The molecule has 0 saturated heterocycles. The van der Waals surface area contributed by atoms with Gasteiger partial charge in [0.05, 0.1) is 4.90 Å². The highest BCUT2D eigenvalue weighted by Gasteiger charge is 2.18. The Morgan fingerprint density at radius 2 is 1.59 bits per heavy atom. The normalized spacial score (nSPS) is 12.9. The summed E-state index contributed by atoms with van der Waals surface area (Å²) in [5.74, 6) is 0.202. The highest BCUT2D eigenvalue weighted by Crippen LogP contribution is 2.20. The third-order valence-electron chi connectivity index (χ3n) is 4.23. The average Bonchev–Trinajstić information content (AvgIpc) is 2.62. The molecular weight excluding hydrogens is 362 g/mol. The summed E-state index contributed by atoms with van der Waals surface area (Å²) >= 11 is 0. The van der Waals surface area contributed by atoms with Crippen LogP contribution in [0.25, 0.3) is 0 Å². The topological polar surface area (TPSA) is 78.5 Å². The average molecular weight is 390 g/mol. The Balaban J connectivity index is 2.06. The van der Waals surface area contributed by atoms with E-state index >= 15 is 0 Å². The van der Waals surface area contributed by atoms with Gasteiger partial charge in [-0.2, -0.15) is 0 Å². The van der Waals surface area contributed by atoms with E-state index in [0.717, 1.165) is 9.99 Å². The molecule has 0 fully saturated rings. The summed E-state index contributed by atoms with van der Waals surface area (Å²) in [4.78, 5) is 12.6. The number of hydrogen-bond donors (Lipinski definition) is 2. The van der Waals surface area contributed by atoms with Crippen LogP contribution in [0, 0.1) is 0 Å². The van der Waals surface area contributed by atoms with Crippen LogP contribution in [0.1, 0.15) is 32.3 Å². The summed E-state index contributed by atoms with van der Waals surface area (Å²) in [5, 5.41) is 5.91. The monoisotopic (exact) mass is 389 g/mol. The Kier molecular flexibility index (Phi) is 6.62. The van der Waals surface area contributed by atoms with Gasteiger partial charge in [0.15, 0.2) is 0 Å². The minimum atomic E-state index is -3.55. The van der Waals surface area contributed by atoms with E-state index in [2.05, 4.69) is 24.5 Å². The second-order valence-corrected chi connectivity index (χ2v) is 9.10. The molecule has 0 radical (unpaired) electrons. The van der Waals surface area contributed by atoms with E-state index in [9.17, 15) is 13.2 Å². The van der Waals surface area contributed by atoms with E-state index in [4.69, 9.17) is 0 Å². The Morgan fingerprint density at radius 3 is 2.15 bits per heavy atom. The van der Waals surface area contributed by atoms with Crippen molar-refractivity contribution in [2.24, 2.45) is 0 Å². The number of anilines is 2. The molecule has 2 rings (SSSR count). The van der Waals surface area contributed by atoms with Crippen LogP contribution in [-0.2, 0) is 14.8 Å². The molecule has 1 atom stereocenters. The van der Waals surface area contributed by atoms with Gasteiger partial charge < -0.3 is 10.6 Å². The Hall–Kier alpha value is -2.38. The van der Waals surface area contributed by atoms with Crippen LogP contribution in [0.4, 0.5) is 11.4 Å². The van der Waals surface area contributed by atoms with Gasteiger partial charge >= 0.3 is 0 Å². The third kappa shape index (κ3) is 5.30. The van der Waals surface area contributed by atoms with Crippen molar-refractivity contribution in [2.75, 3.05) is 24.7 Å². The predicted octanol–water partition coefficient (Wildman–Crippen LogP) is 3.50. The summed E-state index contributed by atoms with van der Waals surface area (Å²) in [6.45, 7) is 6.01. The van der Waals surface area contributed by atoms with Gasteiger partial charge in [-0.1, -0.05) is 32.0 Å². The minimum absolute atomic E-state index is 0.134. The molecule has 27 heavy (non-hydrogen) atoms. The molecule has 0 saturated carbocycles. The van der Waals surface area contributed by atoms with Gasteiger partial charge in [-0.25, -0.2) is 12.7 Å².